The lowest BCUT2D eigenvalue weighted by Crippen LogP contribution is -2.40. The minimum Gasteiger partial charge on any atom is -0.378 e. The number of hydrogen-bond donors (Lipinski definition) is 1. The van der Waals surface area contributed by atoms with Gasteiger partial charge in [0, 0.05) is 31.9 Å². The molecule has 1 saturated heterocycles. The van der Waals surface area contributed by atoms with E-state index in [1.807, 2.05) is 43.3 Å². The summed E-state index contributed by atoms with van der Waals surface area (Å²) in [4.78, 5) is 50.2. The second kappa shape index (κ2) is 12.8. The highest BCUT2D eigenvalue weighted by atomic mass is 16.5. The largest absolute Gasteiger partial charge is 0.378 e. The lowest BCUT2D eigenvalue weighted by molar-refractivity contribution is 0.0302. The Hall–Kier alpha value is -5.16. The first-order chi connectivity index (χ1) is 21.8. The molecule has 1 N–H and O–H groups in total. The number of amides is 1. The zero-order valence-corrected chi connectivity index (χ0v) is 25.6. The molecule has 1 fully saturated rings. The molecule has 45 heavy (non-hydrogen) atoms. The van der Waals surface area contributed by atoms with Crippen LogP contribution in [-0.2, 0) is 18.2 Å². The van der Waals surface area contributed by atoms with Crippen LogP contribution in [-0.4, -0.2) is 61.4 Å². The van der Waals surface area contributed by atoms with Gasteiger partial charge >= 0.3 is 0 Å². The number of aromatic nitrogens is 5. The monoisotopic (exact) mass is 605 g/mol. The lowest BCUT2D eigenvalue weighted by atomic mass is 10.0. The zero-order valence-electron chi connectivity index (χ0n) is 25.6. The van der Waals surface area contributed by atoms with Gasteiger partial charge in [-0.3, -0.25) is 19.0 Å². The third kappa shape index (κ3) is 6.12. The van der Waals surface area contributed by atoms with Crippen molar-refractivity contribution in [2.75, 3.05) is 31.6 Å². The minimum atomic E-state index is -0.337. The number of fused-ring (bicyclic) bond motifs is 1. The molecule has 6 rings (SSSR count). The fourth-order valence-corrected chi connectivity index (χ4v) is 5.55. The van der Waals surface area contributed by atoms with Crippen LogP contribution < -0.4 is 16.4 Å². The number of rotatable bonds is 8. The minimum absolute atomic E-state index is 0.104. The Kier molecular flexibility index (Phi) is 8.52. The molecule has 0 unspecified atom stereocenters. The van der Waals surface area contributed by atoms with E-state index in [1.165, 1.54) is 16.4 Å². The molecular formula is C34H35N7O4. The summed E-state index contributed by atoms with van der Waals surface area (Å²) in [7, 11) is 1.58. The molecule has 230 valence electrons. The summed E-state index contributed by atoms with van der Waals surface area (Å²) >= 11 is 0. The number of pyridine rings is 1. The zero-order chi connectivity index (χ0) is 31.5. The Bertz CT molecular complexity index is 1990. The molecule has 11 heteroatoms. The molecule has 1 aliphatic heterocycles. The quantitative estimate of drug-likeness (QED) is 0.276. The number of nitrogens with zero attached hydrogens (tertiary/aromatic N) is 6. The molecule has 0 aliphatic carbocycles. The highest BCUT2D eigenvalue weighted by molar-refractivity contribution is 5.94. The van der Waals surface area contributed by atoms with Crippen molar-refractivity contribution < 1.29 is 9.53 Å². The van der Waals surface area contributed by atoms with Gasteiger partial charge in [-0.15, -0.1) is 0 Å². The average Bonchev–Trinajstić information content (AvgIpc) is 3.06. The molecule has 0 saturated carbocycles. The summed E-state index contributed by atoms with van der Waals surface area (Å²) in [6.07, 6.45) is 6.22. The van der Waals surface area contributed by atoms with Gasteiger partial charge in [-0.2, -0.15) is 5.10 Å². The van der Waals surface area contributed by atoms with Crippen LogP contribution in [0.3, 0.4) is 0 Å². The first-order valence-electron chi connectivity index (χ1n) is 15.1. The van der Waals surface area contributed by atoms with Crippen LogP contribution in [0.4, 0.5) is 11.5 Å². The van der Waals surface area contributed by atoms with Gasteiger partial charge in [-0.1, -0.05) is 31.5 Å². The molecule has 0 atom stereocenters. The van der Waals surface area contributed by atoms with E-state index in [2.05, 4.69) is 27.3 Å². The maximum Gasteiger partial charge on any atom is 0.290 e. The van der Waals surface area contributed by atoms with Crippen LogP contribution in [0.25, 0.3) is 27.8 Å². The van der Waals surface area contributed by atoms with Crippen molar-refractivity contribution in [2.45, 2.75) is 33.1 Å². The summed E-state index contributed by atoms with van der Waals surface area (Å²) in [5, 5.41) is 8.16. The summed E-state index contributed by atoms with van der Waals surface area (Å²) in [6.45, 7) is 6.20. The van der Waals surface area contributed by atoms with Crippen LogP contribution in [0.5, 0.6) is 0 Å². The maximum absolute atomic E-state index is 13.6. The molecule has 1 amide bonds. The van der Waals surface area contributed by atoms with Gasteiger partial charge in [-0.25, -0.2) is 14.6 Å². The second-order valence-electron chi connectivity index (χ2n) is 11.2. The molecule has 0 radical (unpaired) electrons. The highest BCUT2D eigenvalue weighted by Gasteiger charge is 2.19. The summed E-state index contributed by atoms with van der Waals surface area (Å²) < 4.78 is 8.15. The molecule has 3 aromatic heterocycles. The second-order valence-corrected chi connectivity index (χ2v) is 11.2. The normalized spacial score (nSPS) is 13.3. The van der Waals surface area contributed by atoms with Gasteiger partial charge in [0.05, 0.1) is 41.1 Å². The molecule has 0 spiro atoms. The Morgan fingerprint density at radius 3 is 2.58 bits per heavy atom. The van der Waals surface area contributed by atoms with Gasteiger partial charge in [0.2, 0.25) is 0 Å². The van der Waals surface area contributed by atoms with Crippen molar-refractivity contribution >= 4 is 28.3 Å². The lowest BCUT2D eigenvalue weighted by Gasteiger charge is -2.26. The molecule has 0 bridgehead atoms. The number of morpholine rings is 1. The van der Waals surface area contributed by atoms with Crippen molar-refractivity contribution in [1.82, 2.24) is 29.2 Å². The van der Waals surface area contributed by atoms with E-state index in [0.29, 0.717) is 60.0 Å². The number of ether oxygens (including phenoxy) is 1. The van der Waals surface area contributed by atoms with Crippen molar-refractivity contribution in [3.05, 3.63) is 105 Å². The smallest absolute Gasteiger partial charge is 0.290 e. The van der Waals surface area contributed by atoms with Crippen molar-refractivity contribution in [3.63, 3.8) is 0 Å². The number of carbonyl (C=O) groups excluding carboxylic acids is 1. The number of unbranched alkanes of at least 4 members (excludes halogenated alkanes) is 1. The number of benzene rings is 2. The summed E-state index contributed by atoms with van der Waals surface area (Å²) in [5.41, 5.74) is 4.88. The molecule has 5 aromatic rings. The Morgan fingerprint density at radius 1 is 1.00 bits per heavy atom. The van der Waals surface area contributed by atoms with Crippen molar-refractivity contribution in [3.8, 4) is 16.9 Å². The van der Waals surface area contributed by atoms with E-state index < -0.39 is 0 Å². The van der Waals surface area contributed by atoms with E-state index in [9.17, 15) is 14.4 Å². The number of anilines is 2. The van der Waals surface area contributed by atoms with Gasteiger partial charge < -0.3 is 15.0 Å². The number of aryl methyl sites for hydroxylation is 2. The molecular weight excluding hydrogens is 570 g/mol. The van der Waals surface area contributed by atoms with E-state index in [0.717, 1.165) is 30.4 Å². The van der Waals surface area contributed by atoms with Crippen LogP contribution in [0.15, 0.2) is 76.7 Å². The van der Waals surface area contributed by atoms with Gasteiger partial charge in [-0.05, 0) is 67.3 Å². The molecule has 4 heterocycles. The van der Waals surface area contributed by atoms with E-state index in [1.54, 1.807) is 41.0 Å². The van der Waals surface area contributed by atoms with Gasteiger partial charge in [0.25, 0.3) is 17.0 Å². The van der Waals surface area contributed by atoms with Crippen LogP contribution in [0.1, 0.15) is 41.3 Å². The highest BCUT2D eigenvalue weighted by Crippen LogP contribution is 2.27. The predicted octanol–water partition coefficient (Wildman–Crippen LogP) is 4.41. The summed E-state index contributed by atoms with van der Waals surface area (Å²) in [6, 6.07) is 16.5. The van der Waals surface area contributed by atoms with Crippen LogP contribution in [0.2, 0.25) is 0 Å². The SMILES string of the molecule is CCCCc1ccc2c(=O)n(-c3cccc(-c4cc(Nc5ccc(C(=O)N6CCOCC6)cn5)c(=O)n(C)n4)c3C)cnc2c1. The third-order valence-electron chi connectivity index (χ3n) is 8.12. The van der Waals surface area contributed by atoms with Gasteiger partial charge in [0.1, 0.15) is 17.8 Å². The third-order valence-corrected chi connectivity index (χ3v) is 8.12. The standard InChI is InChI=1S/C34H35N7O4/c1-4-5-7-23-10-12-26-27(18-23)36-21-41(33(26)43)30-9-6-8-25(22(30)2)28-19-29(34(44)39(3)38-28)37-31-13-11-24(20-35-31)32(42)40-14-16-45-17-15-40/h6,8-13,18-21H,4-5,7,14-17H2,1-3H3,(H,35,37). The van der Waals surface area contributed by atoms with Crippen LogP contribution >= 0.6 is 0 Å². The summed E-state index contributed by atoms with van der Waals surface area (Å²) in [5.74, 6) is 0.312. The Balaban J connectivity index is 1.29. The Morgan fingerprint density at radius 2 is 1.82 bits per heavy atom. The average molecular weight is 606 g/mol. The maximum atomic E-state index is 13.6. The first kappa shape index (κ1) is 29.9. The van der Waals surface area contributed by atoms with E-state index >= 15 is 0 Å². The fourth-order valence-electron chi connectivity index (χ4n) is 5.55. The first-order valence-corrected chi connectivity index (χ1v) is 15.1. The van der Waals surface area contributed by atoms with Crippen molar-refractivity contribution in [1.29, 1.82) is 0 Å². The van der Waals surface area contributed by atoms with Crippen molar-refractivity contribution in [2.24, 2.45) is 7.05 Å². The number of hydrogen-bond acceptors (Lipinski definition) is 8. The van der Waals surface area contributed by atoms with E-state index in [4.69, 9.17) is 4.74 Å². The van der Waals surface area contributed by atoms with Crippen LogP contribution in [0, 0.1) is 6.92 Å². The predicted molar refractivity (Wildman–Crippen MR) is 173 cm³/mol. The fraction of sp³-hybridized carbons (Fsp3) is 0.294. The number of nitrogens with one attached hydrogen (secondary N) is 1. The molecule has 11 nitrogen and oxygen atoms in total. The Labute approximate surface area is 260 Å². The van der Waals surface area contributed by atoms with E-state index in [-0.39, 0.29) is 22.7 Å². The number of carbonyl (C=O) groups is 1. The topological polar surface area (TPSA) is 124 Å². The molecule has 1 aliphatic rings. The van der Waals surface area contributed by atoms with Gasteiger partial charge in [0.15, 0.2) is 0 Å². The molecule has 2 aromatic carbocycles.